The van der Waals surface area contributed by atoms with Crippen LogP contribution in [0.15, 0.2) is 42.9 Å². The minimum atomic E-state index is 0.792. The first-order valence-corrected chi connectivity index (χ1v) is 9.33. The van der Waals surface area contributed by atoms with E-state index < -0.39 is 0 Å². The highest BCUT2D eigenvalue weighted by Gasteiger charge is 2.19. The lowest BCUT2D eigenvalue weighted by molar-refractivity contribution is 0.389. The molecule has 0 aliphatic carbocycles. The predicted molar refractivity (Wildman–Crippen MR) is 107 cm³/mol. The van der Waals surface area contributed by atoms with Crippen molar-refractivity contribution in [1.82, 2.24) is 14.9 Å². The molecule has 25 heavy (non-hydrogen) atoms. The molecule has 6 heteroatoms. The van der Waals surface area contributed by atoms with Gasteiger partial charge in [0.15, 0.2) is 5.11 Å². The summed E-state index contributed by atoms with van der Waals surface area (Å²) in [7, 11) is 0. The molecule has 0 bridgehead atoms. The third-order valence-electron chi connectivity index (χ3n) is 4.46. The number of hydrogen-bond donors (Lipinski definition) is 1. The van der Waals surface area contributed by atoms with Gasteiger partial charge in [0.2, 0.25) is 0 Å². The second kappa shape index (κ2) is 8.76. The third kappa shape index (κ3) is 4.89. The summed E-state index contributed by atoms with van der Waals surface area (Å²) >= 11 is 5.58. The lowest BCUT2D eigenvalue weighted by Gasteiger charge is -2.36. The smallest absolute Gasteiger partial charge is 0.173 e. The summed E-state index contributed by atoms with van der Waals surface area (Å²) in [5.74, 6) is 0.934. The van der Waals surface area contributed by atoms with Crippen molar-refractivity contribution in [2.24, 2.45) is 0 Å². The molecule has 3 rings (SSSR count). The van der Waals surface area contributed by atoms with E-state index in [9.17, 15) is 0 Å². The zero-order valence-electron chi connectivity index (χ0n) is 14.7. The number of benzene rings is 1. The van der Waals surface area contributed by atoms with Gasteiger partial charge in [0.05, 0.1) is 6.20 Å². The molecule has 2 aromatic rings. The molecule has 0 spiro atoms. The Morgan fingerprint density at radius 1 is 1.12 bits per heavy atom. The molecular formula is C19H25N5S. The fourth-order valence-electron chi connectivity index (χ4n) is 2.93. The molecule has 1 aliphatic heterocycles. The number of piperazine rings is 1. The van der Waals surface area contributed by atoms with Crippen LogP contribution >= 0.6 is 12.2 Å². The van der Waals surface area contributed by atoms with Crippen LogP contribution in [0.1, 0.15) is 25.3 Å². The van der Waals surface area contributed by atoms with Crippen molar-refractivity contribution in [3.63, 3.8) is 0 Å². The van der Waals surface area contributed by atoms with Crippen molar-refractivity contribution in [2.75, 3.05) is 36.4 Å². The summed E-state index contributed by atoms with van der Waals surface area (Å²) in [6.07, 6.45) is 8.86. The highest BCUT2D eigenvalue weighted by molar-refractivity contribution is 7.80. The molecule has 1 aliphatic rings. The lowest BCUT2D eigenvalue weighted by Crippen LogP contribution is -2.50. The molecule has 132 valence electrons. The summed E-state index contributed by atoms with van der Waals surface area (Å²) < 4.78 is 0. The van der Waals surface area contributed by atoms with E-state index in [0.717, 1.165) is 49.2 Å². The van der Waals surface area contributed by atoms with Crippen LogP contribution in [0.25, 0.3) is 0 Å². The summed E-state index contributed by atoms with van der Waals surface area (Å²) in [5.41, 5.74) is 2.44. The molecule has 2 heterocycles. The van der Waals surface area contributed by atoms with E-state index in [1.165, 1.54) is 18.4 Å². The van der Waals surface area contributed by atoms with E-state index in [1.54, 1.807) is 12.4 Å². The Bertz CT molecular complexity index is 666. The zero-order chi connectivity index (χ0) is 17.5. The average Bonchev–Trinajstić information content (AvgIpc) is 2.68. The van der Waals surface area contributed by atoms with Crippen LogP contribution in [-0.2, 0) is 6.42 Å². The number of rotatable bonds is 5. The Labute approximate surface area is 155 Å². The van der Waals surface area contributed by atoms with E-state index in [0.29, 0.717) is 0 Å². The van der Waals surface area contributed by atoms with E-state index in [2.05, 4.69) is 56.3 Å². The quantitative estimate of drug-likeness (QED) is 0.830. The number of anilines is 2. The maximum absolute atomic E-state index is 5.58. The predicted octanol–water partition coefficient (Wildman–Crippen LogP) is 3.34. The number of nitrogens with one attached hydrogen (secondary N) is 1. The van der Waals surface area contributed by atoms with Crippen molar-refractivity contribution < 1.29 is 0 Å². The monoisotopic (exact) mass is 355 g/mol. The molecular weight excluding hydrogens is 330 g/mol. The molecule has 1 aromatic heterocycles. The molecule has 1 aromatic carbocycles. The first kappa shape index (κ1) is 17.6. The van der Waals surface area contributed by atoms with Gasteiger partial charge in [-0.15, -0.1) is 0 Å². The fraction of sp³-hybridized carbons (Fsp3) is 0.421. The average molecular weight is 356 g/mol. The highest BCUT2D eigenvalue weighted by Crippen LogP contribution is 2.15. The van der Waals surface area contributed by atoms with Gasteiger partial charge in [0.25, 0.3) is 0 Å². The van der Waals surface area contributed by atoms with E-state index in [1.807, 2.05) is 6.20 Å². The molecule has 1 N–H and O–H groups in total. The topological polar surface area (TPSA) is 44.3 Å². The first-order chi connectivity index (χ1) is 12.3. The molecule has 0 atom stereocenters. The Hall–Kier alpha value is -2.21. The normalized spacial score (nSPS) is 14.4. The number of aromatic nitrogens is 2. The Morgan fingerprint density at radius 3 is 2.52 bits per heavy atom. The third-order valence-corrected chi connectivity index (χ3v) is 4.82. The molecule has 0 saturated carbocycles. The minimum Gasteiger partial charge on any atom is -0.352 e. The lowest BCUT2D eigenvalue weighted by atomic mass is 10.1. The van der Waals surface area contributed by atoms with Gasteiger partial charge in [0.1, 0.15) is 5.82 Å². The molecule has 1 fully saturated rings. The maximum atomic E-state index is 5.58. The molecule has 0 unspecified atom stereocenters. The van der Waals surface area contributed by atoms with Crippen molar-refractivity contribution >= 4 is 28.8 Å². The summed E-state index contributed by atoms with van der Waals surface area (Å²) in [5, 5.41) is 4.15. The molecule has 0 radical (unpaired) electrons. The summed E-state index contributed by atoms with van der Waals surface area (Å²) in [6.45, 7) is 5.79. The SMILES string of the molecule is CCCCc1ccc(NC(=S)N2CCN(c3cnccn3)CC2)cc1. The Balaban J connectivity index is 1.49. The Morgan fingerprint density at radius 2 is 1.88 bits per heavy atom. The van der Waals surface area contributed by atoms with Crippen molar-refractivity contribution in [3.8, 4) is 0 Å². The molecule has 5 nitrogen and oxygen atoms in total. The fourth-order valence-corrected chi connectivity index (χ4v) is 3.23. The van der Waals surface area contributed by atoms with Gasteiger partial charge >= 0.3 is 0 Å². The van der Waals surface area contributed by atoms with Crippen molar-refractivity contribution in [3.05, 3.63) is 48.4 Å². The van der Waals surface area contributed by atoms with Gasteiger partial charge in [-0.1, -0.05) is 25.5 Å². The minimum absolute atomic E-state index is 0.792. The van der Waals surface area contributed by atoms with Crippen LogP contribution in [0.2, 0.25) is 0 Å². The van der Waals surface area contributed by atoms with Gasteiger partial charge < -0.3 is 15.1 Å². The van der Waals surface area contributed by atoms with Gasteiger partial charge in [-0.3, -0.25) is 4.98 Å². The molecule has 1 saturated heterocycles. The standard InChI is InChI=1S/C19H25N5S/c1-2-3-4-16-5-7-17(8-6-16)22-19(25)24-13-11-23(12-14-24)18-15-20-9-10-21-18/h5-10,15H,2-4,11-14H2,1H3,(H,22,25). The van der Waals surface area contributed by atoms with Crippen LogP contribution < -0.4 is 10.2 Å². The van der Waals surface area contributed by atoms with Crippen LogP contribution in [0.3, 0.4) is 0 Å². The van der Waals surface area contributed by atoms with Crippen molar-refractivity contribution in [2.45, 2.75) is 26.2 Å². The van der Waals surface area contributed by atoms with Gasteiger partial charge in [0, 0.05) is 44.3 Å². The van der Waals surface area contributed by atoms with Crippen LogP contribution in [0.4, 0.5) is 11.5 Å². The van der Waals surface area contributed by atoms with Gasteiger partial charge in [-0.25, -0.2) is 4.98 Å². The zero-order valence-corrected chi connectivity index (χ0v) is 15.5. The number of hydrogen-bond acceptors (Lipinski definition) is 4. The maximum Gasteiger partial charge on any atom is 0.173 e. The molecule has 0 amide bonds. The van der Waals surface area contributed by atoms with E-state index in [4.69, 9.17) is 12.2 Å². The highest BCUT2D eigenvalue weighted by atomic mass is 32.1. The van der Waals surface area contributed by atoms with Crippen LogP contribution in [0, 0.1) is 0 Å². The van der Waals surface area contributed by atoms with Gasteiger partial charge in [-0.2, -0.15) is 0 Å². The Kier molecular flexibility index (Phi) is 6.17. The number of aryl methyl sites for hydroxylation is 1. The second-order valence-corrected chi connectivity index (χ2v) is 6.66. The summed E-state index contributed by atoms with van der Waals surface area (Å²) in [6, 6.07) is 8.61. The van der Waals surface area contributed by atoms with E-state index in [-0.39, 0.29) is 0 Å². The van der Waals surface area contributed by atoms with Crippen LogP contribution in [0.5, 0.6) is 0 Å². The first-order valence-electron chi connectivity index (χ1n) is 8.92. The summed E-state index contributed by atoms with van der Waals surface area (Å²) in [4.78, 5) is 13.0. The van der Waals surface area contributed by atoms with Gasteiger partial charge in [-0.05, 0) is 42.8 Å². The number of unbranched alkanes of at least 4 members (excludes halogenated alkanes) is 1. The largest absolute Gasteiger partial charge is 0.352 e. The van der Waals surface area contributed by atoms with Crippen molar-refractivity contribution in [1.29, 1.82) is 0 Å². The number of nitrogens with zero attached hydrogens (tertiary/aromatic N) is 4. The number of thiocarbonyl (C=S) groups is 1. The second-order valence-electron chi connectivity index (χ2n) is 6.27. The van der Waals surface area contributed by atoms with Crippen LogP contribution in [-0.4, -0.2) is 46.2 Å². The van der Waals surface area contributed by atoms with E-state index >= 15 is 0 Å².